The number of aliphatic hydroxyl groups excluding tert-OH is 2. The Morgan fingerprint density at radius 2 is 1.70 bits per heavy atom. The highest BCUT2D eigenvalue weighted by atomic mass is 32.3. The van der Waals surface area contributed by atoms with E-state index in [-0.39, 0.29) is 6.29 Å². The fraction of sp³-hybridized carbons (Fsp3) is 0.750. The van der Waals surface area contributed by atoms with Crippen LogP contribution >= 0.6 is 0 Å². The monoisotopic (exact) mass is 381 g/mol. The third-order valence-electron chi connectivity index (χ3n) is 2.22. The minimum absolute atomic E-state index is 0.0587. The molecule has 0 rings (SSSR count). The van der Waals surface area contributed by atoms with Crippen LogP contribution in [0.4, 0.5) is 0 Å². The molecular formula is C8H15NO12S2. The molecule has 0 saturated carbocycles. The number of nitrogens with one attached hydrogen (secondary N) is 1. The van der Waals surface area contributed by atoms with Crippen LogP contribution in [-0.4, -0.2) is 79.3 Å². The van der Waals surface area contributed by atoms with Crippen LogP contribution in [0.2, 0.25) is 0 Å². The molecule has 136 valence electrons. The lowest BCUT2D eigenvalue weighted by molar-refractivity contribution is -0.128. The summed E-state index contributed by atoms with van der Waals surface area (Å²) in [6.45, 7) is -0.303. The predicted octanol–water partition coefficient (Wildman–Crippen LogP) is -3.58. The molecular weight excluding hydrogens is 366 g/mol. The second-order valence-corrected chi connectivity index (χ2v) is 6.26. The van der Waals surface area contributed by atoms with Crippen LogP contribution in [0, 0.1) is 0 Å². The van der Waals surface area contributed by atoms with Crippen LogP contribution in [-0.2, 0) is 38.8 Å². The van der Waals surface area contributed by atoms with Crippen LogP contribution in [0.25, 0.3) is 0 Å². The Bertz CT molecular complexity index is 613. The van der Waals surface area contributed by atoms with Crippen molar-refractivity contribution >= 4 is 33.0 Å². The van der Waals surface area contributed by atoms with Crippen molar-refractivity contribution in [1.29, 1.82) is 0 Å². The van der Waals surface area contributed by atoms with E-state index in [2.05, 4.69) is 8.37 Å². The van der Waals surface area contributed by atoms with E-state index >= 15 is 0 Å². The quantitative estimate of drug-likeness (QED) is 0.183. The van der Waals surface area contributed by atoms with Crippen molar-refractivity contribution in [2.75, 3.05) is 6.61 Å². The Morgan fingerprint density at radius 3 is 2.04 bits per heavy atom. The Balaban J connectivity index is 5.31. The van der Waals surface area contributed by atoms with Gasteiger partial charge in [0.25, 0.3) is 0 Å². The van der Waals surface area contributed by atoms with E-state index in [9.17, 15) is 36.6 Å². The van der Waals surface area contributed by atoms with Gasteiger partial charge >= 0.3 is 20.8 Å². The fourth-order valence-electron chi connectivity index (χ4n) is 1.37. The lowest BCUT2D eigenvalue weighted by atomic mass is 10.0. The van der Waals surface area contributed by atoms with Gasteiger partial charge in [0.2, 0.25) is 5.91 Å². The molecule has 0 aromatic rings. The molecule has 0 fully saturated rings. The van der Waals surface area contributed by atoms with Crippen molar-refractivity contribution < 1.29 is 54.1 Å². The Hall–Kier alpha value is -1.20. The summed E-state index contributed by atoms with van der Waals surface area (Å²) in [5.41, 5.74) is 0. The Kier molecular flexibility index (Phi) is 8.15. The van der Waals surface area contributed by atoms with E-state index in [1.54, 1.807) is 0 Å². The van der Waals surface area contributed by atoms with Gasteiger partial charge in [-0.2, -0.15) is 16.8 Å². The Morgan fingerprint density at radius 1 is 1.17 bits per heavy atom. The largest absolute Gasteiger partial charge is 0.397 e. The van der Waals surface area contributed by atoms with Crippen molar-refractivity contribution in [2.45, 2.75) is 31.3 Å². The van der Waals surface area contributed by atoms with Crippen LogP contribution in [0.5, 0.6) is 0 Å². The molecule has 4 atom stereocenters. The molecule has 0 radical (unpaired) electrons. The first-order chi connectivity index (χ1) is 10.3. The number of aliphatic hydroxyl groups is 2. The summed E-state index contributed by atoms with van der Waals surface area (Å²) < 4.78 is 66.9. The van der Waals surface area contributed by atoms with E-state index in [1.165, 1.54) is 0 Å². The van der Waals surface area contributed by atoms with Crippen LogP contribution in [0.1, 0.15) is 6.92 Å². The lowest BCUT2D eigenvalue weighted by Crippen LogP contribution is -2.55. The average molecular weight is 381 g/mol. The second kappa shape index (κ2) is 8.60. The molecule has 0 aliphatic carbocycles. The summed E-state index contributed by atoms with van der Waals surface area (Å²) in [5, 5.41) is 21.1. The molecule has 0 heterocycles. The smallest absolute Gasteiger partial charge is 0.388 e. The minimum Gasteiger partial charge on any atom is -0.388 e. The van der Waals surface area contributed by atoms with Gasteiger partial charge in [-0.1, -0.05) is 0 Å². The summed E-state index contributed by atoms with van der Waals surface area (Å²) in [4.78, 5) is 21.8. The molecule has 0 aliphatic heterocycles. The van der Waals surface area contributed by atoms with Gasteiger partial charge in [-0.05, 0) is 0 Å². The summed E-state index contributed by atoms with van der Waals surface area (Å²) in [5.74, 6) is -0.845. The van der Waals surface area contributed by atoms with Gasteiger partial charge < -0.3 is 20.3 Å². The highest BCUT2D eigenvalue weighted by Gasteiger charge is 2.38. The molecule has 0 aliphatic rings. The van der Waals surface area contributed by atoms with E-state index in [4.69, 9.17) is 9.11 Å². The molecule has 5 N–H and O–H groups in total. The molecule has 0 spiro atoms. The first-order valence-electron chi connectivity index (χ1n) is 5.63. The molecule has 0 bridgehead atoms. The topological polar surface area (TPSA) is 214 Å². The summed E-state index contributed by atoms with van der Waals surface area (Å²) in [6.07, 6.45) is -6.77. The van der Waals surface area contributed by atoms with Gasteiger partial charge in [0.1, 0.15) is 30.6 Å². The van der Waals surface area contributed by atoms with Crippen molar-refractivity contribution in [3.8, 4) is 0 Å². The highest BCUT2D eigenvalue weighted by Crippen LogP contribution is 2.12. The zero-order chi connectivity index (χ0) is 18.4. The van der Waals surface area contributed by atoms with Crippen LogP contribution < -0.4 is 5.32 Å². The highest BCUT2D eigenvalue weighted by molar-refractivity contribution is 7.81. The number of hydrogen-bond acceptors (Lipinski definition) is 10. The minimum atomic E-state index is -5.23. The van der Waals surface area contributed by atoms with Gasteiger partial charge in [-0.15, -0.1) is 0 Å². The number of carbonyl (C=O) groups is 2. The van der Waals surface area contributed by atoms with Crippen molar-refractivity contribution in [3.05, 3.63) is 0 Å². The molecule has 0 aromatic heterocycles. The Labute approximate surface area is 131 Å². The molecule has 0 unspecified atom stereocenters. The first kappa shape index (κ1) is 21.8. The maximum Gasteiger partial charge on any atom is 0.397 e. The first-order valence-corrected chi connectivity index (χ1v) is 8.36. The van der Waals surface area contributed by atoms with Crippen LogP contribution in [0.3, 0.4) is 0 Å². The maximum atomic E-state index is 10.9. The number of amides is 1. The standard InChI is InChI=1S/C8H15NO12S2/c1-4(11)9-5(2-10)8(21-23(17,18)19)7(13)6(12)3-20-22(14,15)16/h2,5-8,12-13H,3H2,1H3,(H,9,11)(H,14,15,16)(H,17,18,19)/t5-,6+,7+,8+/m0/s1. The van der Waals surface area contributed by atoms with Gasteiger partial charge in [0.05, 0.1) is 6.61 Å². The predicted molar refractivity (Wildman–Crippen MR) is 69.6 cm³/mol. The maximum absolute atomic E-state index is 10.9. The van der Waals surface area contributed by atoms with E-state index in [0.29, 0.717) is 0 Å². The van der Waals surface area contributed by atoms with E-state index in [0.717, 1.165) is 6.92 Å². The number of hydrogen-bond donors (Lipinski definition) is 5. The normalized spacial score (nSPS) is 17.8. The SMILES string of the molecule is CC(=O)N[C@@H](C=O)[C@@H](OS(=O)(=O)O)[C@H](O)[C@H](O)COS(=O)(=O)O. The van der Waals surface area contributed by atoms with E-state index < -0.39 is 57.7 Å². The zero-order valence-corrected chi connectivity index (χ0v) is 13.1. The molecule has 23 heavy (non-hydrogen) atoms. The molecule has 15 heteroatoms. The van der Waals surface area contributed by atoms with Crippen LogP contribution in [0.15, 0.2) is 0 Å². The lowest BCUT2D eigenvalue weighted by Gasteiger charge is -2.28. The number of aldehydes is 1. The molecule has 13 nitrogen and oxygen atoms in total. The molecule has 0 aromatic carbocycles. The van der Waals surface area contributed by atoms with Gasteiger partial charge in [0.15, 0.2) is 0 Å². The summed E-state index contributed by atoms with van der Waals surface area (Å²) in [6, 6.07) is -1.83. The molecule has 0 saturated heterocycles. The van der Waals surface area contributed by atoms with Crippen molar-refractivity contribution in [1.82, 2.24) is 5.32 Å². The van der Waals surface area contributed by atoms with Gasteiger partial charge in [0, 0.05) is 6.92 Å². The zero-order valence-electron chi connectivity index (χ0n) is 11.5. The average Bonchev–Trinajstić information content (AvgIpc) is 2.36. The third kappa shape index (κ3) is 9.51. The van der Waals surface area contributed by atoms with E-state index in [1.807, 2.05) is 5.32 Å². The third-order valence-corrected chi connectivity index (χ3v) is 3.12. The second-order valence-electron chi connectivity index (χ2n) is 4.12. The fourth-order valence-corrected chi connectivity index (χ4v) is 2.20. The number of rotatable bonds is 10. The summed E-state index contributed by atoms with van der Waals surface area (Å²) in [7, 11) is -10.2. The number of carbonyl (C=O) groups excluding carboxylic acids is 2. The van der Waals surface area contributed by atoms with Crippen molar-refractivity contribution in [3.63, 3.8) is 0 Å². The van der Waals surface area contributed by atoms with Crippen molar-refractivity contribution in [2.24, 2.45) is 0 Å². The van der Waals surface area contributed by atoms with Gasteiger partial charge in [-0.3, -0.25) is 13.9 Å². The van der Waals surface area contributed by atoms with Gasteiger partial charge in [-0.25, -0.2) is 8.37 Å². The summed E-state index contributed by atoms with van der Waals surface area (Å²) >= 11 is 0. The molecule has 1 amide bonds.